The molecule has 2 aromatic rings. The quantitative estimate of drug-likeness (QED) is 0.764. The number of carbonyl (C=O) groups is 1. The number of carboxylic acid groups (broad SMARTS) is 1. The molecule has 15 heavy (non-hydrogen) atoms. The molecule has 0 amide bonds. The van der Waals surface area contributed by atoms with Crippen LogP contribution < -0.4 is 0 Å². The predicted molar refractivity (Wildman–Crippen MR) is 58.0 cm³/mol. The van der Waals surface area contributed by atoms with Gasteiger partial charge in [0.2, 0.25) is 0 Å². The molecular formula is C13H10O2. The second-order valence-electron chi connectivity index (χ2n) is 3.96. The van der Waals surface area contributed by atoms with Gasteiger partial charge < -0.3 is 5.11 Å². The minimum Gasteiger partial charge on any atom is -0.481 e. The molecule has 0 bridgehead atoms. The Morgan fingerprint density at radius 3 is 2.67 bits per heavy atom. The first-order chi connectivity index (χ1) is 7.27. The molecule has 2 heteroatoms. The van der Waals surface area contributed by atoms with E-state index in [1.807, 2.05) is 36.4 Å². The Balaban J connectivity index is 2.36. The third kappa shape index (κ3) is 1.08. The standard InChI is InChI=1S/C13H10O2/c14-13(15)11-7-9-5-1-3-8-4-2-6-10(11)12(8)9/h1-6,11H,7H2,(H,14,15)/t11-/m0/s1. The summed E-state index contributed by atoms with van der Waals surface area (Å²) in [5.41, 5.74) is 2.13. The summed E-state index contributed by atoms with van der Waals surface area (Å²) in [6.45, 7) is 0. The van der Waals surface area contributed by atoms with Crippen molar-refractivity contribution in [2.75, 3.05) is 0 Å². The zero-order valence-electron chi connectivity index (χ0n) is 8.10. The molecule has 3 rings (SSSR count). The van der Waals surface area contributed by atoms with Crippen molar-refractivity contribution in [2.24, 2.45) is 0 Å². The Morgan fingerprint density at radius 2 is 1.93 bits per heavy atom. The second kappa shape index (κ2) is 2.83. The van der Waals surface area contributed by atoms with E-state index in [0.717, 1.165) is 21.9 Å². The van der Waals surface area contributed by atoms with E-state index in [0.29, 0.717) is 6.42 Å². The first kappa shape index (κ1) is 8.48. The van der Waals surface area contributed by atoms with Crippen molar-refractivity contribution in [3.8, 4) is 0 Å². The third-order valence-electron chi connectivity index (χ3n) is 3.12. The highest BCUT2D eigenvalue weighted by molar-refractivity contribution is 5.96. The second-order valence-corrected chi connectivity index (χ2v) is 3.96. The monoisotopic (exact) mass is 198 g/mol. The van der Waals surface area contributed by atoms with Crippen LogP contribution in [-0.4, -0.2) is 11.1 Å². The molecule has 0 unspecified atom stereocenters. The van der Waals surface area contributed by atoms with E-state index in [9.17, 15) is 4.79 Å². The van der Waals surface area contributed by atoms with Crippen molar-refractivity contribution in [1.82, 2.24) is 0 Å². The van der Waals surface area contributed by atoms with Crippen molar-refractivity contribution < 1.29 is 9.90 Å². The van der Waals surface area contributed by atoms with Crippen LogP contribution in [0.3, 0.4) is 0 Å². The number of hydrogen-bond donors (Lipinski definition) is 1. The van der Waals surface area contributed by atoms with Crippen LogP contribution in [-0.2, 0) is 11.2 Å². The summed E-state index contributed by atoms with van der Waals surface area (Å²) in [4.78, 5) is 11.1. The number of aliphatic carboxylic acids is 1. The van der Waals surface area contributed by atoms with Crippen LogP contribution in [0.4, 0.5) is 0 Å². The Kier molecular flexibility index (Phi) is 1.60. The largest absolute Gasteiger partial charge is 0.481 e. The Labute approximate surface area is 87.2 Å². The molecule has 0 saturated heterocycles. The van der Waals surface area contributed by atoms with Crippen molar-refractivity contribution >= 4 is 16.7 Å². The van der Waals surface area contributed by atoms with Gasteiger partial charge >= 0.3 is 5.97 Å². The molecule has 1 atom stereocenters. The maximum absolute atomic E-state index is 11.1. The van der Waals surface area contributed by atoms with E-state index >= 15 is 0 Å². The lowest BCUT2D eigenvalue weighted by Gasteiger charge is -2.04. The maximum Gasteiger partial charge on any atom is 0.311 e. The fourth-order valence-electron chi connectivity index (χ4n) is 2.46. The molecule has 0 fully saturated rings. The predicted octanol–water partition coefficient (Wildman–Crippen LogP) is 2.56. The fraction of sp³-hybridized carbons (Fsp3) is 0.154. The Bertz CT molecular complexity index is 552. The molecule has 2 nitrogen and oxygen atoms in total. The maximum atomic E-state index is 11.1. The lowest BCUT2D eigenvalue weighted by molar-refractivity contribution is -0.138. The number of benzene rings is 2. The molecule has 0 aliphatic heterocycles. The zero-order valence-corrected chi connectivity index (χ0v) is 8.10. The molecule has 0 radical (unpaired) electrons. The summed E-state index contributed by atoms with van der Waals surface area (Å²) in [6.07, 6.45) is 0.631. The van der Waals surface area contributed by atoms with E-state index < -0.39 is 5.97 Å². The van der Waals surface area contributed by atoms with Crippen LogP contribution >= 0.6 is 0 Å². The molecule has 2 aromatic carbocycles. The summed E-state index contributed by atoms with van der Waals surface area (Å²) < 4.78 is 0. The van der Waals surface area contributed by atoms with Crippen LogP contribution in [0.2, 0.25) is 0 Å². The summed E-state index contributed by atoms with van der Waals surface area (Å²) in [7, 11) is 0. The molecule has 1 N–H and O–H groups in total. The molecular weight excluding hydrogens is 188 g/mol. The van der Waals surface area contributed by atoms with E-state index in [4.69, 9.17) is 5.11 Å². The Morgan fingerprint density at radius 1 is 1.20 bits per heavy atom. The van der Waals surface area contributed by atoms with Gasteiger partial charge in [-0.15, -0.1) is 0 Å². The Hall–Kier alpha value is -1.83. The lowest BCUT2D eigenvalue weighted by atomic mass is 10.0. The van der Waals surface area contributed by atoms with Gasteiger partial charge in [0.15, 0.2) is 0 Å². The van der Waals surface area contributed by atoms with Gasteiger partial charge in [-0.3, -0.25) is 4.79 Å². The van der Waals surface area contributed by atoms with Gasteiger partial charge in [-0.25, -0.2) is 0 Å². The van der Waals surface area contributed by atoms with Crippen molar-refractivity contribution in [3.05, 3.63) is 47.5 Å². The van der Waals surface area contributed by atoms with Crippen LogP contribution in [0.5, 0.6) is 0 Å². The molecule has 0 aromatic heterocycles. The van der Waals surface area contributed by atoms with Gasteiger partial charge in [-0.1, -0.05) is 36.4 Å². The van der Waals surface area contributed by atoms with E-state index in [1.165, 1.54) is 0 Å². The molecule has 0 heterocycles. The lowest BCUT2D eigenvalue weighted by Crippen LogP contribution is -2.09. The summed E-state index contributed by atoms with van der Waals surface area (Å²) in [5.74, 6) is -1.08. The first-order valence-electron chi connectivity index (χ1n) is 5.00. The van der Waals surface area contributed by atoms with Crippen molar-refractivity contribution in [3.63, 3.8) is 0 Å². The van der Waals surface area contributed by atoms with Gasteiger partial charge in [0.25, 0.3) is 0 Å². The molecule has 1 aliphatic carbocycles. The minimum absolute atomic E-state index is 0.355. The number of carboxylic acids is 1. The van der Waals surface area contributed by atoms with Crippen molar-refractivity contribution in [2.45, 2.75) is 12.3 Å². The van der Waals surface area contributed by atoms with Crippen molar-refractivity contribution in [1.29, 1.82) is 0 Å². The van der Waals surface area contributed by atoms with E-state index in [-0.39, 0.29) is 5.92 Å². The molecule has 1 aliphatic rings. The molecule has 0 saturated carbocycles. The summed E-state index contributed by atoms with van der Waals surface area (Å²) >= 11 is 0. The smallest absolute Gasteiger partial charge is 0.311 e. The van der Waals surface area contributed by atoms with E-state index in [1.54, 1.807) is 0 Å². The zero-order chi connectivity index (χ0) is 10.4. The number of rotatable bonds is 1. The fourth-order valence-corrected chi connectivity index (χ4v) is 2.46. The first-order valence-corrected chi connectivity index (χ1v) is 5.00. The molecule has 0 spiro atoms. The van der Waals surface area contributed by atoms with Crippen LogP contribution in [0.25, 0.3) is 10.8 Å². The van der Waals surface area contributed by atoms with Gasteiger partial charge in [-0.2, -0.15) is 0 Å². The minimum atomic E-state index is -0.723. The van der Waals surface area contributed by atoms with Gasteiger partial charge in [0.05, 0.1) is 5.92 Å². The average Bonchev–Trinajstić information content (AvgIpc) is 2.61. The van der Waals surface area contributed by atoms with Crippen LogP contribution in [0.15, 0.2) is 36.4 Å². The highest BCUT2D eigenvalue weighted by Gasteiger charge is 2.29. The SMILES string of the molecule is O=C(O)[C@H]1Cc2cccc3cccc1c23. The topological polar surface area (TPSA) is 37.3 Å². The van der Waals surface area contributed by atoms with Gasteiger partial charge in [0.1, 0.15) is 0 Å². The van der Waals surface area contributed by atoms with Gasteiger partial charge in [0, 0.05) is 0 Å². The van der Waals surface area contributed by atoms with E-state index in [2.05, 4.69) is 0 Å². The number of hydrogen-bond acceptors (Lipinski definition) is 1. The van der Waals surface area contributed by atoms with Crippen LogP contribution in [0, 0.1) is 0 Å². The highest BCUT2D eigenvalue weighted by Crippen LogP contribution is 2.38. The summed E-state index contributed by atoms with van der Waals surface area (Å²) in [6, 6.07) is 11.9. The summed E-state index contributed by atoms with van der Waals surface area (Å²) in [5, 5.41) is 11.4. The van der Waals surface area contributed by atoms with Gasteiger partial charge in [-0.05, 0) is 28.3 Å². The molecule has 74 valence electrons. The highest BCUT2D eigenvalue weighted by atomic mass is 16.4. The average molecular weight is 198 g/mol. The normalized spacial score (nSPS) is 18.3. The van der Waals surface area contributed by atoms with Crippen LogP contribution in [0.1, 0.15) is 17.0 Å². The third-order valence-corrected chi connectivity index (χ3v) is 3.12.